The summed E-state index contributed by atoms with van der Waals surface area (Å²) in [4.78, 5) is 8.98. The van der Waals surface area contributed by atoms with E-state index >= 15 is 0 Å². The maximum atomic E-state index is 5.81. The molecule has 0 atom stereocenters. The molecule has 1 fully saturated rings. The van der Waals surface area contributed by atoms with E-state index < -0.39 is 0 Å². The Morgan fingerprint density at radius 1 is 1.33 bits per heavy atom. The van der Waals surface area contributed by atoms with E-state index in [0.29, 0.717) is 11.7 Å². The van der Waals surface area contributed by atoms with Crippen molar-refractivity contribution in [2.45, 2.75) is 51.4 Å². The smallest absolute Gasteiger partial charge is 0.134 e. The van der Waals surface area contributed by atoms with Crippen molar-refractivity contribution in [2.24, 2.45) is 0 Å². The minimum absolute atomic E-state index is 0.559. The Morgan fingerprint density at radius 2 is 2.07 bits per heavy atom. The molecule has 82 valence electrons. The molecule has 0 unspecified atom stereocenters. The third-order valence-corrected chi connectivity index (χ3v) is 3.04. The number of rotatable bonds is 3. The van der Waals surface area contributed by atoms with Crippen molar-refractivity contribution in [3.63, 3.8) is 0 Å². The maximum absolute atomic E-state index is 5.81. The first-order chi connectivity index (χ1) is 7.29. The lowest BCUT2D eigenvalue weighted by atomic mass is 10.1. The van der Waals surface area contributed by atoms with Crippen molar-refractivity contribution in [2.75, 3.05) is 5.73 Å². The van der Waals surface area contributed by atoms with Crippen LogP contribution in [0.25, 0.3) is 0 Å². The molecule has 1 aliphatic rings. The molecule has 1 aromatic rings. The summed E-state index contributed by atoms with van der Waals surface area (Å²) in [6.07, 6.45) is 7.20. The first-order valence-corrected chi connectivity index (χ1v) is 5.93. The third kappa shape index (κ3) is 2.46. The first kappa shape index (κ1) is 10.4. The van der Waals surface area contributed by atoms with Gasteiger partial charge in [-0.2, -0.15) is 0 Å². The van der Waals surface area contributed by atoms with Gasteiger partial charge in [0.1, 0.15) is 11.6 Å². The Kier molecular flexibility index (Phi) is 3.19. The number of nitrogen functional groups attached to an aromatic ring is 1. The molecule has 0 radical (unpaired) electrons. The highest BCUT2D eigenvalue weighted by Crippen LogP contribution is 2.32. The average Bonchev–Trinajstić information content (AvgIpc) is 2.70. The maximum Gasteiger partial charge on any atom is 0.134 e. The summed E-state index contributed by atoms with van der Waals surface area (Å²) in [6, 6.07) is 1.90. The molecule has 0 aromatic carbocycles. The number of hydrogen-bond acceptors (Lipinski definition) is 3. The van der Waals surface area contributed by atoms with E-state index in [1.165, 1.54) is 25.7 Å². The van der Waals surface area contributed by atoms with Gasteiger partial charge in [-0.3, -0.25) is 0 Å². The van der Waals surface area contributed by atoms with Crippen molar-refractivity contribution < 1.29 is 0 Å². The molecule has 1 aliphatic carbocycles. The van der Waals surface area contributed by atoms with Crippen LogP contribution in [0.3, 0.4) is 0 Å². The van der Waals surface area contributed by atoms with Crippen LogP contribution >= 0.6 is 0 Å². The van der Waals surface area contributed by atoms with Gasteiger partial charge in [0.05, 0.1) is 0 Å². The molecule has 0 aliphatic heterocycles. The van der Waals surface area contributed by atoms with Crippen LogP contribution in [-0.2, 0) is 6.42 Å². The molecule has 0 bridgehead atoms. The van der Waals surface area contributed by atoms with Crippen molar-refractivity contribution in [1.29, 1.82) is 0 Å². The number of aryl methyl sites for hydroxylation is 1. The summed E-state index contributed by atoms with van der Waals surface area (Å²) in [6.45, 7) is 2.16. The number of nitrogens with zero attached hydrogens (tertiary/aromatic N) is 2. The highest BCUT2D eigenvalue weighted by Gasteiger charge is 2.20. The standard InChI is InChI=1S/C12H19N3/c1-2-5-10-8-11(13)15-12(14-10)9-6-3-4-7-9/h8-9H,2-7H2,1H3,(H2,13,14,15). The van der Waals surface area contributed by atoms with Crippen molar-refractivity contribution in [1.82, 2.24) is 9.97 Å². The largest absolute Gasteiger partial charge is 0.384 e. The molecular formula is C12H19N3. The Labute approximate surface area is 91.1 Å². The van der Waals surface area contributed by atoms with Crippen LogP contribution < -0.4 is 5.73 Å². The molecule has 1 saturated carbocycles. The van der Waals surface area contributed by atoms with Gasteiger partial charge in [0, 0.05) is 17.7 Å². The Hall–Kier alpha value is -1.12. The molecule has 1 heterocycles. The monoisotopic (exact) mass is 205 g/mol. The van der Waals surface area contributed by atoms with E-state index in [0.717, 1.165) is 24.4 Å². The van der Waals surface area contributed by atoms with Gasteiger partial charge in [-0.1, -0.05) is 26.2 Å². The Bertz CT molecular complexity index is 330. The molecular weight excluding hydrogens is 186 g/mol. The van der Waals surface area contributed by atoms with E-state index in [1.54, 1.807) is 0 Å². The molecule has 15 heavy (non-hydrogen) atoms. The topological polar surface area (TPSA) is 51.8 Å². The zero-order valence-corrected chi connectivity index (χ0v) is 9.37. The fourth-order valence-corrected chi connectivity index (χ4v) is 2.29. The van der Waals surface area contributed by atoms with Gasteiger partial charge < -0.3 is 5.73 Å². The van der Waals surface area contributed by atoms with E-state index in [2.05, 4.69) is 16.9 Å². The van der Waals surface area contributed by atoms with E-state index in [9.17, 15) is 0 Å². The summed E-state index contributed by atoms with van der Waals surface area (Å²) >= 11 is 0. The van der Waals surface area contributed by atoms with Crippen molar-refractivity contribution >= 4 is 5.82 Å². The molecule has 2 N–H and O–H groups in total. The summed E-state index contributed by atoms with van der Waals surface area (Å²) in [5.41, 5.74) is 6.91. The second kappa shape index (κ2) is 4.60. The molecule has 0 amide bonds. The number of nitrogens with two attached hydrogens (primary N) is 1. The highest BCUT2D eigenvalue weighted by molar-refractivity contribution is 5.30. The summed E-state index contributed by atoms with van der Waals surface area (Å²) in [5.74, 6) is 2.18. The Balaban J connectivity index is 2.22. The van der Waals surface area contributed by atoms with Crippen LogP contribution in [0.5, 0.6) is 0 Å². The second-order valence-electron chi connectivity index (χ2n) is 4.37. The summed E-state index contributed by atoms with van der Waals surface area (Å²) in [7, 11) is 0. The predicted octanol–water partition coefficient (Wildman–Crippen LogP) is 2.67. The SMILES string of the molecule is CCCc1cc(N)nc(C2CCCC2)n1. The van der Waals surface area contributed by atoms with Crippen molar-refractivity contribution in [3.8, 4) is 0 Å². The van der Waals surface area contributed by atoms with E-state index in [1.807, 2.05) is 6.07 Å². The fourth-order valence-electron chi connectivity index (χ4n) is 2.29. The van der Waals surface area contributed by atoms with Gasteiger partial charge >= 0.3 is 0 Å². The minimum atomic E-state index is 0.559. The average molecular weight is 205 g/mol. The molecule has 3 heteroatoms. The lowest BCUT2D eigenvalue weighted by Gasteiger charge is -2.09. The summed E-state index contributed by atoms with van der Waals surface area (Å²) in [5, 5.41) is 0. The van der Waals surface area contributed by atoms with Gasteiger partial charge in [0.25, 0.3) is 0 Å². The quantitative estimate of drug-likeness (QED) is 0.825. The van der Waals surface area contributed by atoms with Crippen LogP contribution in [0.15, 0.2) is 6.07 Å². The van der Waals surface area contributed by atoms with Crippen LogP contribution in [0, 0.1) is 0 Å². The van der Waals surface area contributed by atoms with Gasteiger partial charge in [0.15, 0.2) is 0 Å². The molecule has 1 aromatic heterocycles. The van der Waals surface area contributed by atoms with E-state index in [-0.39, 0.29) is 0 Å². The predicted molar refractivity (Wildman–Crippen MR) is 61.6 cm³/mol. The van der Waals surface area contributed by atoms with Gasteiger partial charge in [-0.25, -0.2) is 9.97 Å². The zero-order chi connectivity index (χ0) is 10.7. The molecule has 2 rings (SSSR count). The lowest BCUT2D eigenvalue weighted by molar-refractivity contribution is 0.660. The molecule has 0 spiro atoms. The minimum Gasteiger partial charge on any atom is -0.384 e. The van der Waals surface area contributed by atoms with Crippen LogP contribution in [0.1, 0.15) is 56.5 Å². The zero-order valence-electron chi connectivity index (χ0n) is 9.37. The van der Waals surface area contributed by atoms with Crippen LogP contribution in [-0.4, -0.2) is 9.97 Å². The number of aromatic nitrogens is 2. The summed E-state index contributed by atoms with van der Waals surface area (Å²) < 4.78 is 0. The third-order valence-electron chi connectivity index (χ3n) is 3.04. The number of hydrogen-bond donors (Lipinski definition) is 1. The first-order valence-electron chi connectivity index (χ1n) is 5.93. The van der Waals surface area contributed by atoms with E-state index in [4.69, 9.17) is 5.73 Å². The number of anilines is 1. The molecule has 0 saturated heterocycles. The highest BCUT2D eigenvalue weighted by atomic mass is 15.0. The fraction of sp³-hybridized carbons (Fsp3) is 0.667. The normalized spacial score (nSPS) is 17.1. The second-order valence-corrected chi connectivity index (χ2v) is 4.37. The van der Waals surface area contributed by atoms with Crippen LogP contribution in [0.2, 0.25) is 0 Å². The Morgan fingerprint density at radius 3 is 2.73 bits per heavy atom. The van der Waals surface area contributed by atoms with Gasteiger partial charge in [0.2, 0.25) is 0 Å². The molecule has 3 nitrogen and oxygen atoms in total. The van der Waals surface area contributed by atoms with Crippen LogP contribution in [0.4, 0.5) is 5.82 Å². The lowest BCUT2D eigenvalue weighted by Crippen LogP contribution is -2.06. The van der Waals surface area contributed by atoms with Gasteiger partial charge in [-0.15, -0.1) is 0 Å². The van der Waals surface area contributed by atoms with Crippen molar-refractivity contribution in [3.05, 3.63) is 17.6 Å². The van der Waals surface area contributed by atoms with Gasteiger partial charge in [-0.05, 0) is 19.3 Å².